The molecule has 4 heteroatoms. The molecule has 0 saturated heterocycles. The van der Waals surface area contributed by atoms with Crippen molar-refractivity contribution in [3.63, 3.8) is 0 Å². The Bertz CT molecular complexity index is 552. The Kier molecular flexibility index (Phi) is 2.73. The lowest BCUT2D eigenvalue weighted by Crippen LogP contribution is -2.22. The van der Waals surface area contributed by atoms with Crippen LogP contribution in [0, 0.1) is 6.92 Å². The number of benzene rings is 1. The van der Waals surface area contributed by atoms with Crippen molar-refractivity contribution in [3.05, 3.63) is 45.1 Å². The third-order valence-corrected chi connectivity index (χ3v) is 4.10. The Morgan fingerprint density at radius 1 is 1.35 bits per heavy atom. The Morgan fingerprint density at radius 3 is 3.00 bits per heavy atom. The number of fused-ring (bicyclic) bond motifs is 1. The lowest BCUT2D eigenvalue weighted by Gasteiger charge is -2.26. The van der Waals surface area contributed by atoms with Crippen molar-refractivity contribution < 1.29 is 4.74 Å². The third-order valence-electron chi connectivity index (χ3n) is 2.77. The first-order valence-electron chi connectivity index (χ1n) is 5.49. The molecule has 0 spiro atoms. The second kappa shape index (κ2) is 4.24. The van der Waals surface area contributed by atoms with Crippen LogP contribution in [0.2, 0.25) is 5.02 Å². The van der Waals surface area contributed by atoms with E-state index < -0.39 is 0 Å². The summed E-state index contributed by atoms with van der Waals surface area (Å²) in [6, 6.07) is 9.93. The van der Waals surface area contributed by atoms with Gasteiger partial charge in [-0.2, -0.15) is 0 Å². The van der Waals surface area contributed by atoms with Crippen molar-refractivity contribution >= 4 is 28.6 Å². The predicted octanol–water partition coefficient (Wildman–Crippen LogP) is 4.26. The summed E-state index contributed by atoms with van der Waals surface area (Å²) in [5.41, 5.74) is 1.01. The average molecular weight is 266 g/mol. The highest BCUT2D eigenvalue weighted by Crippen LogP contribution is 2.37. The fourth-order valence-corrected chi connectivity index (χ4v) is 2.99. The van der Waals surface area contributed by atoms with Gasteiger partial charge in [-0.3, -0.25) is 0 Å². The highest BCUT2D eigenvalue weighted by molar-refractivity contribution is 7.12. The van der Waals surface area contributed by atoms with Crippen LogP contribution in [-0.2, 0) is 0 Å². The van der Waals surface area contributed by atoms with E-state index in [-0.39, 0.29) is 6.10 Å². The smallest absolute Gasteiger partial charge is 0.150 e. The molecular weight excluding hydrogens is 254 g/mol. The van der Waals surface area contributed by atoms with Crippen LogP contribution in [0.5, 0.6) is 5.75 Å². The van der Waals surface area contributed by atoms with Crippen LogP contribution in [-0.4, -0.2) is 6.54 Å². The number of halogens is 1. The molecule has 0 radical (unpaired) electrons. The van der Waals surface area contributed by atoms with Gasteiger partial charge in [-0.15, -0.1) is 11.3 Å². The number of aryl methyl sites for hydroxylation is 1. The molecule has 1 N–H and O–H groups in total. The van der Waals surface area contributed by atoms with Gasteiger partial charge < -0.3 is 10.1 Å². The molecule has 2 nitrogen and oxygen atoms in total. The minimum Gasteiger partial charge on any atom is -0.481 e. The topological polar surface area (TPSA) is 21.3 Å². The minimum absolute atomic E-state index is 0.0830. The third kappa shape index (κ3) is 2.13. The molecule has 88 valence electrons. The Hall–Kier alpha value is -1.19. The van der Waals surface area contributed by atoms with Crippen molar-refractivity contribution in [2.45, 2.75) is 13.0 Å². The van der Waals surface area contributed by atoms with Gasteiger partial charge in [0.25, 0.3) is 0 Å². The molecule has 0 saturated carbocycles. The highest BCUT2D eigenvalue weighted by Gasteiger charge is 2.22. The Balaban J connectivity index is 1.89. The first kappa shape index (κ1) is 10.9. The molecule has 1 aliphatic rings. The summed E-state index contributed by atoms with van der Waals surface area (Å²) < 4.78 is 5.98. The number of ether oxygens (including phenoxy) is 1. The lowest BCUT2D eigenvalue weighted by molar-refractivity contribution is 0.214. The molecule has 1 aromatic carbocycles. The maximum atomic E-state index is 5.98. The summed E-state index contributed by atoms with van der Waals surface area (Å²) in [6.45, 7) is 2.91. The van der Waals surface area contributed by atoms with Gasteiger partial charge in [-0.25, -0.2) is 0 Å². The minimum atomic E-state index is 0.0830. The Labute approximate surface area is 109 Å². The largest absolute Gasteiger partial charge is 0.481 e. The van der Waals surface area contributed by atoms with E-state index in [0.717, 1.165) is 18.0 Å². The van der Waals surface area contributed by atoms with Gasteiger partial charge in [0.1, 0.15) is 5.75 Å². The summed E-state index contributed by atoms with van der Waals surface area (Å²) in [7, 11) is 0. The molecule has 1 aromatic heterocycles. The molecular formula is C13H12ClNOS. The normalized spacial score (nSPS) is 18.1. The van der Waals surface area contributed by atoms with Gasteiger partial charge in [-0.1, -0.05) is 11.6 Å². The van der Waals surface area contributed by atoms with E-state index in [4.69, 9.17) is 16.3 Å². The standard InChI is InChI=1S/C13H12ClNOS/c1-8-2-5-13(17-8)12-7-15-10-4-3-9(14)6-11(10)16-12/h2-6,12,15H,7H2,1H3. The predicted molar refractivity (Wildman–Crippen MR) is 72.4 cm³/mol. The summed E-state index contributed by atoms with van der Waals surface area (Å²) in [4.78, 5) is 2.56. The zero-order chi connectivity index (χ0) is 11.8. The number of rotatable bonds is 1. The van der Waals surface area contributed by atoms with Crippen LogP contribution in [0.3, 0.4) is 0 Å². The van der Waals surface area contributed by atoms with E-state index in [2.05, 4.69) is 24.4 Å². The maximum absolute atomic E-state index is 5.98. The van der Waals surface area contributed by atoms with Crippen LogP contribution in [0.25, 0.3) is 0 Å². The van der Waals surface area contributed by atoms with Crippen molar-refractivity contribution in [2.24, 2.45) is 0 Å². The summed E-state index contributed by atoms with van der Waals surface area (Å²) >= 11 is 7.74. The molecule has 2 heterocycles. The van der Waals surface area contributed by atoms with Crippen molar-refractivity contribution in [1.82, 2.24) is 0 Å². The van der Waals surface area contributed by atoms with E-state index in [1.54, 1.807) is 11.3 Å². The van der Waals surface area contributed by atoms with Gasteiger partial charge in [0.05, 0.1) is 12.2 Å². The fourth-order valence-electron chi connectivity index (χ4n) is 1.92. The first-order chi connectivity index (χ1) is 8.22. The molecule has 3 rings (SSSR count). The van der Waals surface area contributed by atoms with Crippen LogP contribution >= 0.6 is 22.9 Å². The van der Waals surface area contributed by atoms with E-state index in [1.807, 2.05) is 18.2 Å². The molecule has 2 aromatic rings. The Morgan fingerprint density at radius 2 is 2.24 bits per heavy atom. The molecule has 0 aliphatic carbocycles. The maximum Gasteiger partial charge on any atom is 0.150 e. The molecule has 0 amide bonds. The monoisotopic (exact) mass is 265 g/mol. The number of anilines is 1. The van der Waals surface area contributed by atoms with Gasteiger partial charge in [0.15, 0.2) is 6.10 Å². The fraction of sp³-hybridized carbons (Fsp3) is 0.231. The zero-order valence-corrected chi connectivity index (χ0v) is 10.9. The van der Waals surface area contributed by atoms with E-state index in [0.29, 0.717) is 5.02 Å². The van der Waals surface area contributed by atoms with Crippen molar-refractivity contribution in [1.29, 1.82) is 0 Å². The summed E-state index contributed by atoms with van der Waals surface area (Å²) in [5.74, 6) is 0.833. The SMILES string of the molecule is Cc1ccc(C2CNc3ccc(Cl)cc3O2)s1. The highest BCUT2D eigenvalue weighted by atomic mass is 35.5. The second-order valence-electron chi connectivity index (χ2n) is 4.08. The lowest BCUT2D eigenvalue weighted by atomic mass is 10.2. The second-order valence-corrected chi connectivity index (χ2v) is 5.83. The average Bonchev–Trinajstić information content (AvgIpc) is 2.75. The van der Waals surface area contributed by atoms with E-state index in [9.17, 15) is 0 Å². The molecule has 0 fully saturated rings. The molecule has 17 heavy (non-hydrogen) atoms. The molecule has 0 bridgehead atoms. The number of hydrogen-bond donors (Lipinski definition) is 1. The van der Waals surface area contributed by atoms with E-state index >= 15 is 0 Å². The zero-order valence-electron chi connectivity index (χ0n) is 9.37. The van der Waals surface area contributed by atoms with Gasteiger partial charge in [0, 0.05) is 20.8 Å². The molecule has 1 atom stereocenters. The first-order valence-corrected chi connectivity index (χ1v) is 6.68. The summed E-state index contributed by atoms with van der Waals surface area (Å²) in [6.07, 6.45) is 0.0830. The van der Waals surface area contributed by atoms with Crippen LogP contribution in [0.1, 0.15) is 15.9 Å². The molecule has 1 unspecified atom stereocenters. The number of hydrogen-bond acceptors (Lipinski definition) is 3. The van der Waals surface area contributed by atoms with Gasteiger partial charge >= 0.3 is 0 Å². The number of nitrogens with one attached hydrogen (secondary N) is 1. The van der Waals surface area contributed by atoms with Crippen molar-refractivity contribution in [3.8, 4) is 5.75 Å². The quantitative estimate of drug-likeness (QED) is 0.832. The van der Waals surface area contributed by atoms with E-state index in [1.165, 1.54) is 9.75 Å². The van der Waals surface area contributed by atoms with Gasteiger partial charge in [-0.05, 0) is 31.2 Å². The summed E-state index contributed by atoms with van der Waals surface area (Å²) in [5, 5.41) is 4.07. The van der Waals surface area contributed by atoms with Crippen molar-refractivity contribution in [2.75, 3.05) is 11.9 Å². The van der Waals surface area contributed by atoms with Crippen LogP contribution in [0.4, 0.5) is 5.69 Å². The number of thiophene rings is 1. The van der Waals surface area contributed by atoms with Gasteiger partial charge in [0.2, 0.25) is 0 Å². The van der Waals surface area contributed by atoms with Crippen LogP contribution in [0.15, 0.2) is 30.3 Å². The molecule has 1 aliphatic heterocycles. The van der Waals surface area contributed by atoms with Crippen LogP contribution < -0.4 is 10.1 Å².